The molecule has 1 aromatic carbocycles. The number of β-lactam (4-membered cyclic amide) rings is 1. The van der Waals surface area contributed by atoms with Crippen molar-refractivity contribution in [2.75, 3.05) is 25.4 Å². The second kappa shape index (κ2) is 13.5. The van der Waals surface area contributed by atoms with Gasteiger partial charge in [-0.15, -0.1) is 11.3 Å². The molecule has 2 aromatic rings. The van der Waals surface area contributed by atoms with Crippen LogP contribution in [0.5, 0.6) is 5.75 Å². The third-order valence-electron chi connectivity index (χ3n) is 6.81. The van der Waals surface area contributed by atoms with Crippen molar-refractivity contribution in [3.8, 4) is 5.75 Å². The predicted molar refractivity (Wildman–Crippen MR) is 159 cm³/mol. The van der Waals surface area contributed by atoms with Crippen LogP contribution in [0.15, 0.2) is 34.4 Å². The smallest absolute Gasteiger partial charge is 0.362 e. The first-order valence-electron chi connectivity index (χ1n) is 13.3. The van der Waals surface area contributed by atoms with Crippen molar-refractivity contribution in [1.29, 1.82) is 0 Å². The number of aryl methyl sites for hydroxylation is 1. The van der Waals surface area contributed by atoms with Gasteiger partial charge < -0.3 is 36.8 Å². The number of rotatable bonds is 12. The van der Waals surface area contributed by atoms with Crippen LogP contribution in [-0.2, 0) is 29.5 Å². The molecule has 17 nitrogen and oxygen atoms in total. The molecular formula is C25H32N8O9S2. The van der Waals surface area contributed by atoms with E-state index in [0.29, 0.717) is 22.0 Å². The Morgan fingerprint density at radius 3 is 2.57 bits per heavy atom. The SMILES string of the molecule is Cc1sc(N)nc1/C(=N/O[C@@H](COc1ccc(C(N)=N[C@H]2CCCNC2)cc1)C(=O)O)C(=O)N[C@@H]1C(=O)N(S(=O)(=O)O)[C@H]1C. The van der Waals surface area contributed by atoms with Gasteiger partial charge in [0.15, 0.2) is 10.8 Å². The Balaban J connectivity index is 1.45. The summed E-state index contributed by atoms with van der Waals surface area (Å²) in [6, 6.07) is 4.20. The van der Waals surface area contributed by atoms with Gasteiger partial charge in [0.2, 0.25) is 0 Å². The highest BCUT2D eigenvalue weighted by atomic mass is 32.2. The van der Waals surface area contributed by atoms with Crippen molar-refractivity contribution >= 4 is 56.1 Å². The minimum atomic E-state index is -4.83. The Kier molecular flexibility index (Phi) is 10.0. The van der Waals surface area contributed by atoms with Crippen LogP contribution in [0.25, 0.3) is 0 Å². The minimum absolute atomic E-state index is 0.0417. The summed E-state index contributed by atoms with van der Waals surface area (Å²) in [4.78, 5) is 51.5. The summed E-state index contributed by atoms with van der Waals surface area (Å²) in [7, 11) is -4.83. The summed E-state index contributed by atoms with van der Waals surface area (Å²) in [5.41, 5.74) is 12.0. The van der Waals surface area contributed by atoms with Gasteiger partial charge in [0.25, 0.3) is 17.9 Å². The molecule has 0 bridgehead atoms. The van der Waals surface area contributed by atoms with E-state index in [2.05, 4.69) is 25.8 Å². The molecular weight excluding hydrogens is 620 g/mol. The monoisotopic (exact) mass is 652 g/mol. The second-order valence-corrected chi connectivity index (χ2v) is 12.5. The third kappa shape index (κ3) is 7.59. The van der Waals surface area contributed by atoms with Gasteiger partial charge in [0, 0.05) is 17.0 Å². The summed E-state index contributed by atoms with van der Waals surface area (Å²) in [6.45, 7) is 4.07. The number of nitrogens with zero attached hydrogens (tertiary/aromatic N) is 4. The van der Waals surface area contributed by atoms with E-state index in [1.165, 1.54) is 6.92 Å². The normalized spacial score (nSPS) is 21.8. The molecule has 2 saturated heterocycles. The number of benzene rings is 1. The number of thiazole rings is 1. The van der Waals surface area contributed by atoms with Gasteiger partial charge in [-0.1, -0.05) is 5.16 Å². The first-order chi connectivity index (χ1) is 20.8. The molecule has 0 saturated carbocycles. The van der Waals surface area contributed by atoms with Gasteiger partial charge in [0.05, 0.1) is 12.1 Å². The third-order valence-corrected chi connectivity index (χ3v) is 8.62. The van der Waals surface area contributed by atoms with Crippen LogP contribution in [0.1, 0.15) is 35.9 Å². The number of anilines is 1. The Morgan fingerprint density at radius 1 is 1.32 bits per heavy atom. The predicted octanol–water partition coefficient (Wildman–Crippen LogP) is -0.738. The zero-order valence-electron chi connectivity index (χ0n) is 23.7. The Bertz CT molecular complexity index is 1570. The molecule has 0 radical (unpaired) electrons. The molecule has 238 valence electrons. The van der Waals surface area contributed by atoms with Crippen LogP contribution in [-0.4, -0.2) is 101 Å². The zero-order valence-corrected chi connectivity index (χ0v) is 25.3. The van der Waals surface area contributed by atoms with E-state index in [1.54, 1.807) is 31.2 Å². The number of nitrogens with two attached hydrogens (primary N) is 2. The Hall–Kier alpha value is -4.33. The Labute approximate surface area is 256 Å². The number of hydrogen-bond donors (Lipinski definition) is 6. The van der Waals surface area contributed by atoms with E-state index in [1.807, 2.05) is 0 Å². The average Bonchev–Trinajstić information content (AvgIpc) is 3.30. The summed E-state index contributed by atoms with van der Waals surface area (Å²) in [5.74, 6) is -2.88. The number of nitrogens with one attached hydrogen (secondary N) is 2. The molecule has 8 N–H and O–H groups in total. The van der Waals surface area contributed by atoms with Crippen molar-refractivity contribution in [3.05, 3.63) is 40.4 Å². The van der Waals surface area contributed by atoms with Crippen molar-refractivity contribution in [1.82, 2.24) is 19.9 Å². The molecule has 2 amide bonds. The number of piperidine rings is 1. The molecule has 1 aromatic heterocycles. The van der Waals surface area contributed by atoms with Crippen LogP contribution < -0.4 is 26.8 Å². The molecule has 2 aliphatic rings. The number of carbonyl (C=O) groups is 3. The number of aliphatic carboxylic acids is 1. The lowest BCUT2D eigenvalue weighted by atomic mass is 10.0. The van der Waals surface area contributed by atoms with Crippen molar-refractivity contribution in [2.24, 2.45) is 15.9 Å². The number of ether oxygens (including phenoxy) is 1. The number of amidine groups is 1. The lowest BCUT2D eigenvalue weighted by Crippen LogP contribution is -2.71. The van der Waals surface area contributed by atoms with E-state index >= 15 is 0 Å². The number of aromatic nitrogens is 1. The maximum Gasteiger partial charge on any atom is 0.362 e. The average molecular weight is 653 g/mol. The fraction of sp³-hybridized carbons (Fsp3) is 0.440. The van der Waals surface area contributed by atoms with Gasteiger partial charge in [0.1, 0.15) is 29.9 Å². The summed E-state index contributed by atoms with van der Waals surface area (Å²) < 4.78 is 37.8. The summed E-state index contributed by atoms with van der Waals surface area (Å²) in [6.07, 6.45) is 0.277. The minimum Gasteiger partial charge on any atom is -0.489 e. The van der Waals surface area contributed by atoms with E-state index in [0.717, 1.165) is 37.3 Å². The molecule has 19 heteroatoms. The highest BCUT2D eigenvalue weighted by Crippen LogP contribution is 2.24. The molecule has 4 atom stereocenters. The number of amides is 2. The first-order valence-corrected chi connectivity index (χ1v) is 15.6. The fourth-order valence-electron chi connectivity index (χ4n) is 4.51. The van der Waals surface area contributed by atoms with Gasteiger partial charge in [-0.25, -0.2) is 14.1 Å². The quantitative estimate of drug-likeness (QED) is 0.0543. The lowest BCUT2D eigenvalue weighted by Gasteiger charge is -2.42. The van der Waals surface area contributed by atoms with Gasteiger partial charge in [-0.05, 0) is 57.5 Å². The highest BCUT2D eigenvalue weighted by Gasteiger charge is 2.51. The number of hydrogen-bond acceptors (Lipinski definition) is 13. The van der Waals surface area contributed by atoms with E-state index in [9.17, 15) is 32.5 Å². The maximum atomic E-state index is 13.1. The van der Waals surface area contributed by atoms with Crippen LogP contribution in [0.4, 0.5) is 5.13 Å². The van der Waals surface area contributed by atoms with Gasteiger partial charge >= 0.3 is 16.3 Å². The second-order valence-electron chi connectivity index (χ2n) is 9.98. The zero-order chi connectivity index (χ0) is 32.2. The molecule has 4 rings (SSSR count). The number of aliphatic imine (C=N–C) groups is 1. The van der Waals surface area contributed by atoms with E-state index < -0.39 is 58.6 Å². The van der Waals surface area contributed by atoms with E-state index in [4.69, 9.17) is 21.0 Å². The maximum absolute atomic E-state index is 13.1. The van der Waals surface area contributed by atoms with Gasteiger partial charge in [-0.3, -0.25) is 19.1 Å². The standard InChI is InChI=1S/C25H32N8O9S2/c1-12-18(23(35)33(12)44(38,39)40)30-22(34)20(19-13(2)43-25(27)31-19)32-42-17(24(36)37)11-41-16-7-5-14(6-8-16)21(26)29-15-4-3-9-28-10-15/h5-8,12,15,17-18,28H,3-4,9-11H2,1-2H3,(H2,26,29)(H2,27,31)(H,30,34)(H,36,37)(H,38,39,40)/b32-20-/t12-,15-,17-,18-/m0/s1. The van der Waals surface area contributed by atoms with Crippen LogP contribution >= 0.6 is 11.3 Å². The number of nitrogen functional groups attached to an aromatic ring is 1. The van der Waals surface area contributed by atoms with Crippen LogP contribution in [0.2, 0.25) is 0 Å². The Morgan fingerprint density at radius 2 is 2.02 bits per heavy atom. The summed E-state index contributed by atoms with van der Waals surface area (Å²) in [5, 5.41) is 19.1. The molecule has 44 heavy (non-hydrogen) atoms. The lowest BCUT2D eigenvalue weighted by molar-refractivity contribution is -0.152. The molecule has 3 heterocycles. The van der Waals surface area contributed by atoms with Crippen molar-refractivity contribution < 1.29 is 42.0 Å². The topological polar surface area (TPSA) is 261 Å². The van der Waals surface area contributed by atoms with Gasteiger partial charge in [-0.2, -0.15) is 8.42 Å². The number of oxime groups is 1. The fourth-order valence-corrected chi connectivity index (χ4v) is 6.09. The highest BCUT2D eigenvalue weighted by molar-refractivity contribution is 7.84. The summed E-state index contributed by atoms with van der Waals surface area (Å²) >= 11 is 1.02. The number of carbonyl (C=O) groups excluding carboxylic acids is 2. The van der Waals surface area contributed by atoms with Crippen molar-refractivity contribution in [3.63, 3.8) is 0 Å². The van der Waals surface area contributed by atoms with Crippen LogP contribution in [0.3, 0.4) is 0 Å². The first kappa shape index (κ1) is 32.6. The largest absolute Gasteiger partial charge is 0.489 e. The number of carboxylic acids is 1. The molecule has 2 aliphatic heterocycles. The molecule has 0 spiro atoms. The molecule has 0 unspecified atom stereocenters. The van der Waals surface area contributed by atoms with E-state index in [-0.39, 0.29) is 21.2 Å². The molecule has 0 aliphatic carbocycles. The number of carboxylic acid groups (broad SMARTS) is 1. The van der Waals surface area contributed by atoms with Crippen molar-refractivity contribution in [2.45, 2.75) is 50.9 Å². The molecule has 2 fully saturated rings. The van der Waals surface area contributed by atoms with Crippen LogP contribution in [0, 0.1) is 6.92 Å².